The van der Waals surface area contributed by atoms with Gasteiger partial charge in [-0.05, 0) is 68.6 Å². The number of hydrogen-bond donors (Lipinski definition) is 0. The molecular formula is C19H35NO. The normalized spacial score (nSPS) is 28.4. The molecule has 2 fully saturated rings. The molecule has 1 heterocycles. The van der Waals surface area contributed by atoms with Gasteiger partial charge in [-0.1, -0.05) is 27.7 Å². The van der Waals surface area contributed by atoms with Crippen molar-refractivity contribution in [1.29, 1.82) is 0 Å². The molecule has 0 aromatic carbocycles. The monoisotopic (exact) mass is 293 g/mol. The fourth-order valence-electron chi connectivity index (χ4n) is 4.36. The number of nitrogens with zero attached hydrogens (tertiary/aromatic N) is 1. The molecule has 0 bridgehead atoms. The van der Waals surface area contributed by atoms with Crippen LogP contribution in [0.5, 0.6) is 0 Å². The minimum atomic E-state index is 0.337. The molecule has 0 unspecified atom stereocenters. The molecule has 0 spiro atoms. The highest BCUT2D eigenvalue weighted by atomic mass is 16.2. The third-order valence-electron chi connectivity index (χ3n) is 5.79. The summed E-state index contributed by atoms with van der Waals surface area (Å²) in [4.78, 5) is 14.9. The number of likely N-dealkylation sites (tertiary alicyclic amines) is 1. The van der Waals surface area contributed by atoms with E-state index in [1.54, 1.807) is 0 Å². The van der Waals surface area contributed by atoms with Crippen LogP contribution in [0.25, 0.3) is 0 Å². The lowest BCUT2D eigenvalue weighted by atomic mass is 9.77. The zero-order valence-corrected chi connectivity index (χ0v) is 14.6. The van der Waals surface area contributed by atoms with Gasteiger partial charge in [-0.25, -0.2) is 0 Å². The van der Waals surface area contributed by atoms with Gasteiger partial charge < -0.3 is 4.90 Å². The van der Waals surface area contributed by atoms with Crippen molar-refractivity contribution in [1.82, 2.24) is 4.90 Å². The number of hydrogen-bond acceptors (Lipinski definition) is 1. The first-order valence-corrected chi connectivity index (χ1v) is 9.26. The van der Waals surface area contributed by atoms with Gasteiger partial charge in [-0.15, -0.1) is 0 Å². The fraction of sp³-hybridized carbons (Fsp3) is 0.947. The summed E-state index contributed by atoms with van der Waals surface area (Å²) in [6.45, 7) is 11.3. The Kier molecular flexibility index (Phi) is 6.13. The van der Waals surface area contributed by atoms with Gasteiger partial charge in [0.05, 0.1) is 0 Å². The lowest BCUT2D eigenvalue weighted by Gasteiger charge is -2.37. The maximum Gasteiger partial charge on any atom is 0.225 e. The molecule has 0 aromatic heterocycles. The van der Waals surface area contributed by atoms with Gasteiger partial charge in [0.2, 0.25) is 5.91 Å². The van der Waals surface area contributed by atoms with Crippen molar-refractivity contribution < 1.29 is 4.79 Å². The lowest BCUT2D eigenvalue weighted by Crippen LogP contribution is -2.43. The van der Waals surface area contributed by atoms with E-state index in [1.807, 2.05) is 0 Å². The van der Waals surface area contributed by atoms with Gasteiger partial charge in [-0.3, -0.25) is 4.79 Å². The molecule has 2 rings (SSSR count). The van der Waals surface area contributed by atoms with Crippen LogP contribution in [0.1, 0.15) is 72.6 Å². The standard InChI is InChI=1S/C19H35NO/c1-14(2)13-16-5-7-18(8-6-16)19(21)20-11-9-17(10-12-20)15(3)4/h14-18H,5-13H2,1-4H3. The number of rotatable bonds is 4. The molecule has 1 saturated carbocycles. The van der Waals surface area contributed by atoms with Crippen molar-refractivity contribution in [3.05, 3.63) is 0 Å². The predicted octanol–water partition coefficient (Wildman–Crippen LogP) is 4.73. The van der Waals surface area contributed by atoms with Crippen molar-refractivity contribution in [3.8, 4) is 0 Å². The molecule has 122 valence electrons. The van der Waals surface area contributed by atoms with Crippen LogP contribution < -0.4 is 0 Å². The van der Waals surface area contributed by atoms with Crippen LogP contribution in [0.15, 0.2) is 0 Å². The van der Waals surface area contributed by atoms with Crippen molar-refractivity contribution in [2.75, 3.05) is 13.1 Å². The van der Waals surface area contributed by atoms with Crippen molar-refractivity contribution in [2.45, 2.75) is 72.6 Å². The zero-order chi connectivity index (χ0) is 15.4. The molecule has 0 radical (unpaired) electrons. The molecule has 1 saturated heterocycles. The Morgan fingerprint density at radius 1 is 0.952 bits per heavy atom. The van der Waals surface area contributed by atoms with E-state index in [-0.39, 0.29) is 0 Å². The van der Waals surface area contributed by atoms with Crippen LogP contribution in [0.4, 0.5) is 0 Å². The van der Waals surface area contributed by atoms with Crippen molar-refractivity contribution in [3.63, 3.8) is 0 Å². The van der Waals surface area contributed by atoms with Gasteiger partial charge in [-0.2, -0.15) is 0 Å². The highest BCUT2D eigenvalue weighted by Gasteiger charge is 2.32. The van der Waals surface area contributed by atoms with E-state index >= 15 is 0 Å². The lowest BCUT2D eigenvalue weighted by molar-refractivity contribution is -0.138. The number of piperidine rings is 1. The summed E-state index contributed by atoms with van der Waals surface area (Å²) in [6.07, 6.45) is 8.60. The van der Waals surface area contributed by atoms with Crippen LogP contribution >= 0.6 is 0 Å². The third kappa shape index (κ3) is 4.72. The zero-order valence-electron chi connectivity index (χ0n) is 14.6. The van der Waals surface area contributed by atoms with Gasteiger partial charge >= 0.3 is 0 Å². The van der Waals surface area contributed by atoms with Crippen molar-refractivity contribution >= 4 is 5.91 Å². The van der Waals surface area contributed by atoms with Gasteiger partial charge in [0.25, 0.3) is 0 Å². The molecule has 0 atom stereocenters. The second kappa shape index (κ2) is 7.65. The average molecular weight is 293 g/mol. The topological polar surface area (TPSA) is 20.3 Å². The van der Waals surface area contributed by atoms with Crippen LogP contribution in [0.2, 0.25) is 0 Å². The van der Waals surface area contributed by atoms with Crippen LogP contribution in [0, 0.1) is 29.6 Å². The Morgan fingerprint density at radius 3 is 2.00 bits per heavy atom. The minimum Gasteiger partial charge on any atom is -0.342 e. The van der Waals surface area contributed by atoms with Crippen LogP contribution in [-0.2, 0) is 4.79 Å². The summed E-state index contributed by atoms with van der Waals surface area (Å²) in [7, 11) is 0. The van der Waals surface area contributed by atoms with E-state index in [2.05, 4.69) is 32.6 Å². The van der Waals surface area contributed by atoms with E-state index in [1.165, 1.54) is 32.1 Å². The average Bonchev–Trinajstić information content (AvgIpc) is 2.47. The third-order valence-corrected chi connectivity index (χ3v) is 5.79. The van der Waals surface area contributed by atoms with Gasteiger partial charge in [0.15, 0.2) is 0 Å². The summed E-state index contributed by atoms with van der Waals surface area (Å²) >= 11 is 0. The molecule has 1 aliphatic carbocycles. The van der Waals surface area contributed by atoms with Crippen LogP contribution in [0.3, 0.4) is 0 Å². The van der Waals surface area contributed by atoms with E-state index in [4.69, 9.17) is 0 Å². The van der Waals surface area contributed by atoms with E-state index in [9.17, 15) is 4.79 Å². The number of carbonyl (C=O) groups is 1. The summed E-state index contributed by atoms with van der Waals surface area (Å²) < 4.78 is 0. The molecule has 2 heteroatoms. The Hall–Kier alpha value is -0.530. The fourth-order valence-corrected chi connectivity index (χ4v) is 4.36. The summed E-state index contributed by atoms with van der Waals surface area (Å²) in [6, 6.07) is 0. The Balaban J connectivity index is 1.75. The second-order valence-electron chi connectivity index (χ2n) is 8.25. The predicted molar refractivity (Wildman–Crippen MR) is 89.0 cm³/mol. The molecule has 2 aliphatic rings. The SMILES string of the molecule is CC(C)CC1CCC(C(=O)N2CCC(C(C)C)CC2)CC1. The molecule has 1 amide bonds. The Labute approximate surface area is 131 Å². The Bertz CT molecular complexity index is 320. The van der Waals surface area contributed by atoms with E-state index in [0.29, 0.717) is 11.8 Å². The van der Waals surface area contributed by atoms with E-state index in [0.717, 1.165) is 49.6 Å². The maximum absolute atomic E-state index is 12.7. The summed E-state index contributed by atoms with van der Waals surface area (Å²) in [5.41, 5.74) is 0. The molecule has 2 nitrogen and oxygen atoms in total. The highest BCUT2D eigenvalue weighted by molar-refractivity contribution is 5.79. The number of amides is 1. The first kappa shape index (κ1) is 16.8. The molecule has 0 aromatic rings. The molecule has 21 heavy (non-hydrogen) atoms. The largest absolute Gasteiger partial charge is 0.342 e. The highest BCUT2D eigenvalue weighted by Crippen LogP contribution is 2.34. The van der Waals surface area contributed by atoms with Gasteiger partial charge in [0, 0.05) is 19.0 Å². The molecular weight excluding hydrogens is 258 g/mol. The number of carbonyl (C=O) groups excluding carboxylic acids is 1. The van der Waals surface area contributed by atoms with Crippen LogP contribution in [-0.4, -0.2) is 23.9 Å². The minimum absolute atomic E-state index is 0.337. The smallest absolute Gasteiger partial charge is 0.225 e. The summed E-state index contributed by atoms with van der Waals surface area (Å²) in [5.74, 6) is 4.09. The second-order valence-corrected chi connectivity index (χ2v) is 8.25. The molecule has 1 aliphatic heterocycles. The van der Waals surface area contributed by atoms with E-state index < -0.39 is 0 Å². The van der Waals surface area contributed by atoms with Crippen molar-refractivity contribution in [2.24, 2.45) is 29.6 Å². The first-order chi connectivity index (χ1) is 9.97. The van der Waals surface area contributed by atoms with Gasteiger partial charge in [0.1, 0.15) is 0 Å². The first-order valence-electron chi connectivity index (χ1n) is 9.26. The maximum atomic E-state index is 12.7. The molecule has 0 N–H and O–H groups in total. The quantitative estimate of drug-likeness (QED) is 0.733. The summed E-state index contributed by atoms with van der Waals surface area (Å²) in [5, 5.41) is 0. The Morgan fingerprint density at radius 2 is 1.52 bits per heavy atom.